The van der Waals surface area contributed by atoms with Gasteiger partial charge in [-0.2, -0.15) is 0 Å². The Balaban J connectivity index is 2.45. The van der Waals surface area contributed by atoms with Crippen LogP contribution >= 0.6 is 0 Å². The lowest BCUT2D eigenvalue weighted by atomic mass is 9.80. The van der Waals surface area contributed by atoms with Crippen LogP contribution in [-0.2, 0) is 9.59 Å². The van der Waals surface area contributed by atoms with Gasteiger partial charge in [0.05, 0.1) is 6.10 Å². The summed E-state index contributed by atoms with van der Waals surface area (Å²) in [6.07, 6.45) is 14.7. The van der Waals surface area contributed by atoms with Crippen molar-refractivity contribution in [2.75, 3.05) is 0 Å². The van der Waals surface area contributed by atoms with Gasteiger partial charge in [0.15, 0.2) is 5.78 Å². The Morgan fingerprint density at radius 3 is 2.58 bits per heavy atom. The van der Waals surface area contributed by atoms with Gasteiger partial charge in [0, 0.05) is 18.3 Å². The minimum Gasteiger partial charge on any atom is -0.481 e. The number of unbranched alkanes of at least 4 members (excludes halogenated alkanes) is 4. The summed E-state index contributed by atoms with van der Waals surface area (Å²) >= 11 is 0. The van der Waals surface area contributed by atoms with Gasteiger partial charge in [-0.25, -0.2) is 0 Å². The van der Waals surface area contributed by atoms with Gasteiger partial charge in [-0.15, -0.1) is 0 Å². The van der Waals surface area contributed by atoms with E-state index in [1.165, 1.54) is 0 Å². The lowest BCUT2D eigenvalue weighted by molar-refractivity contribution is -0.137. The SMILES string of the molecule is CCCCC(C)(C)[C@H](O)/C=C\[C@H]1C=CC(=O)[C@@H]1CCCCCCC(=O)O. The summed E-state index contributed by atoms with van der Waals surface area (Å²) in [5.41, 5.74) is -0.154. The molecular weight excluding hydrogens is 328 g/mol. The molecule has 0 bridgehead atoms. The normalized spacial score (nSPS) is 21.6. The summed E-state index contributed by atoms with van der Waals surface area (Å²) in [5.74, 6) is -0.537. The Hall–Kier alpha value is -1.42. The van der Waals surface area contributed by atoms with Crippen molar-refractivity contribution >= 4 is 11.8 Å². The van der Waals surface area contributed by atoms with Crippen molar-refractivity contribution in [1.82, 2.24) is 0 Å². The fourth-order valence-corrected chi connectivity index (χ4v) is 3.45. The van der Waals surface area contributed by atoms with E-state index in [9.17, 15) is 14.7 Å². The molecule has 0 aromatic carbocycles. The molecule has 3 atom stereocenters. The number of carboxylic acids is 1. The molecular formula is C22H36O4. The summed E-state index contributed by atoms with van der Waals surface area (Å²) in [7, 11) is 0. The van der Waals surface area contributed by atoms with E-state index in [1.807, 2.05) is 18.2 Å². The first-order chi connectivity index (χ1) is 12.3. The Bertz CT molecular complexity index is 504. The summed E-state index contributed by atoms with van der Waals surface area (Å²) in [4.78, 5) is 22.6. The number of aliphatic carboxylic acids is 1. The van der Waals surface area contributed by atoms with Crippen molar-refractivity contribution < 1.29 is 19.8 Å². The maximum absolute atomic E-state index is 12.1. The summed E-state index contributed by atoms with van der Waals surface area (Å²) in [5, 5.41) is 19.1. The van der Waals surface area contributed by atoms with E-state index in [1.54, 1.807) is 6.08 Å². The predicted molar refractivity (Wildman–Crippen MR) is 105 cm³/mol. The Morgan fingerprint density at radius 1 is 1.23 bits per heavy atom. The molecule has 0 amide bonds. The highest BCUT2D eigenvalue weighted by Gasteiger charge is 2.29. The second-order valence-corrected chi connectivity index (χ2v) is 8.21. The Labute approximate surface area is 158 Å². The Morgan fingerprint density at radius 2 is 1.92 bits per heavy atom. The van der Waals surface area contributed by atoms with Crippen LogP contribution in [-0.4, -0.2) is 28.1 Å². The summed E-state index contributed by atoms with van der Waals surface area (Å²) in [6, 6.07) is 0. The fraction of sp³-hybridized carbons (Fsp3) is 0.727. The van der Waals surface area contributed by atoms with E-state index >= 15 is 0 Å². The molecule has 1 rings (SSSR count). The number of carbonyl (C=O) groups excluding carboxylic acids is 1. The van der Waals surface area contributed by atoms with Crippen molar-refractivity contribution in [3.63, 3.8) is 0 Å². The van der Waals surface area contributed by atoms with Crippen LogP contribution in [0.3, 0.4) is 0 Å². The first kappa shape index (κ1) is 22.6. The van der Waals surface area contributed by atoms with Gasteiger partial charge < -0.3 is 10.2 Å². The van der Waals surface area contributed by atoms with Gasteiger partial charge in [-0.05, 0) is 30.8 Å². The number of ketones is 1. The number of carboxylic acid groups (broad SMARTS) is 1. The van der Waals surface area contributed by atoms with Crippen LogP contribution in [0.2, 0.25) is 0 Å². The molecule has 4 nitrogen and oxygen atoms in total. The van der Waals surface area contributed by atoms with Crippen LogP contribution in [0.1, 0.15) is 78.6 Å². The van der Waals surface area contributed by atoms with Gasteiger partial charge in [0.25, 0.3) is 0 Å². The van der Waals surface area contributed by atoms with Gasteiger partial charge in [0.2, 0.25) is 0 Å². The average Bonchev–Trinajstić information content (AvgIpc) is 2.93. The van der Waals surface area contributed by atoms with E-state index in [0.717, 1.165) is 44.9 Å². The van der Waals surface area contributed by atoms with Crippen LogP contribution in [0.5, 0.6) is 0 Å². The van der Waals surface area contributed by atoms with Gasteiger partial charge >= 0.3 is 5.97 Å². The zero-order chi connectivity index (χ0) is 19.6. The average molecular weight is 365 g/mol. The van der Waals surface area contributed by atoms with Crippen LogP contribution in [0.4, 0.5) is 0 Å². The van der Waals surface area contributed by atoms with Crippen molar-refractivity contribution in [2.24, 2.45) is 17.3 Å². The zero-order valence-corrected chi connectivity index (χ0v) is 16.6. The second kappa shape index (κ2) is 11.3. The van der Waals surface area contributed by atoms with Gasteiger partial charge in [0.1, 0.15) is 0 Å². The third kappa shape index (κ3) is 7.86. The van der Waals surface area contributed by atoms with Crippen LogP contribution < -0.4 is 0 Å². The standard InChI is InChI=1S/C22H36O4/c1-4-5-16-22(2,3)20(24)15-13-17-12-14-19(23)18(17)10-8-6-7-9-11-21(25)26/h12-15,17-18,20,24H,4-11,16H2,1-3H3,(H,25,26)/b15-13-/t17-,18-,20-/m1/s1. The molecule has 0 aromatic rings. The molecule has 0 heterocycles. The first-order valence-corrected chi connectivity index (χ1v) is 10.1. The molecule has 4 heteroatoms. The number of aliphatic hydroxyl groups is 1. The highest BCUT2D eigenvalue weighted by Crippen LogP contribution is 2.32. The molecule has 0 unspecified atom stereocenters. The molecule has 1 aliphatic rings. The summed E-state index contributed by atoms with van der Waals surface area (Å²) < 4.78 is 0. The number of rotatable bonds is 13. The van der Waals surface area contributed by atoms with E-state index in [-0.39, 0.29) is 29.5 Å². The second-order valence-electron chi connectivity index (χ2n) is 8.21. The quantitative estimate of drug-likeness (QED) is 0.359. The van der Waals surface area contributed by atoms with Crippen molar-refractivity contribution in [1.29, 1.82) is 0 Å². The maximum Gasteiger partial charge on any atom is 0.303 e. The molecule has 0 spiro atoms. The largest absolute Gasteiger partial charge is 0.481 e. The lowest BCUT2D eigenvalue weighted by Gasteiger charge is -2.29. The summed E-state index contributed by atoms with van der Waals surface area (Å²) in [6.45, 7) is 6.32. The smallest absolute Gasteiger partial charge is 0.303 e. The fourth-order valence-electron chi connectivity index (χ4n) is 3.45. The van der Waals surface area contributed by atoms with Crippen LogP contribution in [0, 0.1) is 17.3 Å². The van der Waals surface area contributed by atoms with E-state index in [2.05, 4.69) is 20.8 Å². The topological polar surface area (TPSA) is 74.6 Å². The number of hydrogen-bond donors (Lipinski definition) is 2. The highest BCUT2D eigenvalue weighted by atomic mass is 16.4. The number of aliphatic hydroxyl groups excluding tert-OH is 1. The minimum atomic E-state index is -0.745. The number of allylic oxidation sites excluding steroid dienone is 3. The zero-order valence-electron chi connectivity index (χ0n) is 16.6. The molecule has 0 saturated carbocycles. The van der Waals surface area contributed by atoms with Crippen molar-refractivity contribution in [3.8, 4) is 0 Å². The predicted octanol–water partition coefficient (Wildman–Crippen LogP) is 4.92. The van der Waals surface area contributed by atoms with Crippen molar-refractivity contribution in [3.05, 3.63) is 24.3 Å². The molecule has 148 valence electrons. The molecule has 0 aromatic heterocycles. The van der Waals surface area contributed by atoms with E-state index in [4.69, 9.17) is 5.11 Å². The third-order valence-corrected chi connectivity index (χ3v) is 5.46. The molecule has 1 aliphatic carbocycles. The van der Waals surface area contributed by atoms with Crippen molar-refractivity contribution in [2.45, 2.75) is 84.7 Å². The van der Waals surface area contributed by atoms with Crippen LogP contribution in [0.25, 0.3) is 0 Å². The number of carbonyl (C=O) groups is 2. The monoisotopic (exact) mass is 364 g/mol. The molecule has 0 radical (unpaired) electrons. The molecule has 0 saturated heterocycles. The highest BCUT2D eigenvalue weighted by molar-refractivity contribution is 5.94. The van der Waals surface area contributed by atoms with Gasteiger partial charge in [-0.1, -0.05) is 71.1 Å². The number of hydrogen-bond acceptors (Lipinski definition) is 3. The maximum atomic E-state index is 12.1. The third-order valence-electron chi connectivity index (χ3n) is 5.46. The molecule has 26 heavy (non-hydrogen) atoms. The van der Waals surface area contributed by atoms with Gasteiger partial charge in [-0.3, -0.25) is 9.59 Å². The minimum absolute atomic E-state index is 0.0309. The van der Waals surface area contributed by atoms with E-state index < -0.39 is 12.1 Å². The lowest BCUT2D eigenvalue weighted by Crippen LogP contribution is -2.27. The first-order valence-electron chi connectivity index (χ1n) is 10.1. The molecule has 0 fully saturated rings. The molecule has 0 aliphatic heterocycles. The van der Waals surface area contributed by atoms with E-state index in [0.29, 0.717) is 6.42 Å². The Kier molecular flexibility index (Phi) is 9.85. The molecule has 2 N–H and O–H groups in total. The van der Waals surface area contributed by atoms with Crippen LogP contribution in [0.15, 0.2) is 24.3 Å².